The van der Waals surface area contributed by atoms with E-state index in [1.165, 1.54) is 0 Å². The first-order valence-corrected chi connectivity index (χ1v) is 10.7. The SMILES string of the molecule is O=C(Nc1cccc(Br)c1)c1cc(N2CCOCC2)ccc1OCc1ccccc1. The molecule has 0 spiro atoms. The number of carbonyl (C=O) groups is 1. The standard InChI is InChI=1S/C24H23BrN2O3/c25-19-7-4-8-20(15-19)26-24(28)22-16-21(27-11-13-29-14-12-27)9-10-23(22)30-17-18-5-2-1-3-6-18/h1-10,15-16H,11-14,17H2,(H,26,28). The van der Waals surface area contributed by atoms with Gasteiger partial charge in [0.05, 0.1) is 18.8 Å². The van der Waals surface area contributed by atoms with Crippen molar-refractivity contribution < 1.29 is 14.3 Å². The number of rotatable bonds is 6. The van der Waals surface area contributed by atoms with Crippen LogP contribution in [-0.4, -0.2) is 32.2 Å². The minimum Gasteiger partial charge on any atom is -0.488 e. The molecule has 3 aromatic carbocycles. The molecule has 5 nitrogen and oxygen atoms in total. The van der Waals surface area contributed by atoms with E-state index in [1.807, 2.05) is 72.8 Å². The number of anilines is 2. The van der Waals surface area contributed by atoms with Crippen LogP contribution in [0.1, 0.15) is 15.9 Å². The van der Waals surface area contributed by atoms with E-state index in [9.17, 15) is 4.79 Å². The highest BCUT2D eigenvalue weighted by Gasteiger charge is 2.18. The Bertz CT molecular complexity index is 1000. The maximum atomic E-state index is 13.1. The minimum atomic E-state index is -0.203. The van der Waals surface area contributed by atoms with Gasteiger partial charge in [0.2, 0.25) is 0 Å². The van der Waals surface area contributed by atoms with E-state index in [0.717, 1.165) is 34.5 Å². The second-order valence-corrected chi connectivity index (χ2v) is 7.93. The zero-order valence-corrected chi connectivity index (χ0v) is 18.1. The van der Waals surface area contributed by atoms with Crippen LogP contribution < -0.4 is 15.0 Å². The van der Waals surface area contributed by atoms with Crippen LogP contribution in [0.4, 0.5) is 11.4 Å². The number of amides is 1. The van der Waals surface area contributed by atoms with E-state index in [-0.39, 0.29) is 5.91 Å². The maximum absolute atomic E-state index is 13.1. The van der Waals surface area contributed by atoms with Crippen molar-refractivity contribution in [2.24, 2.45) is 0 Å². The van der Waals surface area contributed by atoms with Crippen LogP contribution in [0, 0.1) is 0 Å². The topological polar surface area (TPSA) is 50.8 Å². The third kappa shape index (κ3) is 5.20. The van der Waals surface area contributed by atoms with E-state index in [0.29, 0.717) is 31.1 Å². The van der Waals surface area contributed by atoms with Gasteiger partial charge in [-0.1, -0.05) is 52.3 Å². The minimum absolute atomic E-state index is 0.203. The molecule has 1 saturated heterocycles. The Morgan fingerprint density at radius 2 is 1.80 bits per heavy atom. The molecule has 1 aliphatic rings. The number of carbonyl (C=O) groups excluding carboxylic acids is 1. The van der Waals surface area contributed by atoms with Gasteiger partial charge in [-0.2, -0.15) is 0 Å². The molecular formula is C24H23BrN2O3. The monoisotopic (exact) mass is 466 g/mol. The van der Waals surface area contributed by atoms with Gasteiger partial charge < -0.3 is 19.7 Å². The first kappa shape index (κ1) is 20.4. The average Bonchev–Trinajstić information content (AvgIpc) is 2.79. The van der Waals surface area contributed by atoms with E-state index in [4.69, 9.17) is 9.47 Å². The molecule has 1 fully saturated rings. The molecule has 0 unspecified atom stereocenters. The van der Waals surface area contributed by atoms with Gasteiger partial charge in [0.1, 0.15) is 12.4 Å². The van der Waals surface area contributed by atoms with E-state index in [2.05, 4.69) is 26.1 Å². The number of benzene rings is 3. The molecule has 4 rings (SSSR count). The second kappa shape index (κ2) is 9.78. The van der Waals surface area contributed by atoms with E-state index in [1.54, 1.807) is 0 Å². The fourth-order valence-corrected chi connectivity index (χ4v) is 3.74. The molecule has 1 aliphatic heterocycles. The summed E-state index contributed by atoms with van der Waals surface area (Å²) in [4.78, 5) is 15.4. The maximum Gasteiger partial charge on any atom is 0.259 e. The smallest absolute Gasteiger partial charge is 0.259 e. The predicted octanol–water partition coefficient (Wildman–Crippen LogP) is 5.12. The second-order valence-electron chi connectivity index (χ2n) is 7.02. The summed E-state index contributed by atoms with van der Waals surface area (Å²) < 4.78 is 12.4. The number of nitrogens with one attached hydrogen (secondary N) is 1. The zero-order chi connectivity index (χ0) is 20.8. The van der Waals surface area contributed by atoms with Gasteiger partial charge in [0.25, 0.3) is 5.91 Å². The molecule has 0 radical (unpaired) electrons. The van der Waals surface area contributed by atoms with Crippen molar-refractivity contribution in [3.8, 4) is 5.75 Å². The quantitative estimate of drug-likeness (QED) is 0.547. The van der Waals surface area contributed by atoms with Crippen LogP contribution in [-0.2, 0) is 11.3 Å². The van der Waals surface area contributed by atoms with Crippen molar-refractivity contribution in [2.45, 2.75) is 6.61 Å². The number of hydrogen-bond donors (Lipinski definition) is 1. The molecule has 0 atom stereocenters. The Kier molecular flexibility index (Phi) is 6.67. The number of morpholine rings is 1. The summed E-state index contributed by atoms with van der Waals surface area (Å²) >= 11 is 3.44. The predicted molar refractivity (Wildman–Crippen MR) is 122 cm³/mol. The Hall–Kier alpha value is -2.83. The lowest BCUT2D eigenvalue weighted by Gasteiger charge is -2.29. The first-order chi connectivity index (χ1) is 14.7. The average molecular weight is 467 g/mol. The lowest BCUT2D eigenvalue weighted by atomic mass is 10.1. The van der Waals surface area contributed by atoms with Gasteiger partial charge in [0, 0.05) is 28.9 Å². The van der Waals surface area contributed by atoms with Gasteiger partial charge in [0.15, 0.2) is 0 Å². The van der Waals surface area contributed by atoms with E-state index < -0.39 is 0 Å². The van der Waals surface area contributed by atoms with Crippen LogP contribution in [0.3, 0.4) is 0 Å². The molecule has 1 amide bonds. The molecule has 1 N–H and O–H groups in total. The number of halogens is 1. The third-order valence-corrected chi connectivity index (χ3v) is 5.40. The lowest BCUT2D eigenvalue weighted by Crippen LogP contribution is -2.36. The Balaban J connectivity index is 1.59. The van der Waals surface area contributed by atoms with Crippen molar-refractivity contribution in [1.29, 1.82) is 0 Å². The van der Waals surface area contributed by atoms with Crippen LogP contribution in [0.15, 0.2) is 77.3 Å². The summed E-state index contributed by atoms with van der Waals surface area (Å²) in [6.07, 6.45) is 0. The fraction of sp³-hybridized carbons (Fsp3) is 0.208. The summed E-state index contributed by atoms with van der Waals surface area (Å²) in [5.41, 5.74) is 3.27. The van der Waals surface area contributed by atoms with Crippen LogP contribution in [0.2, 0.25) is 0 Å². The zero-order valence-electron chi connectivity index (χ0n) is 16.5. The Morgan fingerprint density at radius 3 is 2.57 bits per heavy atom. The van der Waals surface area contributed by atoms with Crippen LogP contribution in [0.5, 0.6) is 5.75 Å². The molecule has 6 heteroatoms. The molecule has 154 valence electrons. The molecule has 0 aromatic heterocycles. The summed E-state index contributed by atoms with van der Waals surface area (Å²) in [6, 6.07) is 23.2. The van der Waals surface area contributed by atoms with Gasteiger partial charge in [-0.15, -0.1) is 0 Å². The van der Waals surface area contributed by atoms with Crippen molar-refractivity contribution in [1.82, 2.24) is 0 Å². The van der Waals surface area contributed by atoms with Gasteiger partial charge in [-0.3, -0.25) is 4.79 Å². The highest BCUT2D eigenvalue weighted by Crippen LogP contribution is 2.28. The van der Waals surface area contributed by atoms with Crippen molar-refractivity contribution >= 4 is 33.2 Å². The van der Waals surface area contributed by atoms with Crippen molar-refractivity contribution in [3.05, 3.63) is 88.4 Å². The Morgan fingerprint density at radius 1 is 1.00 bits per heavy atom. The van der Waals surface area contributed by atoms with Gasteiger partial charge >= 0.3 is 0 Å². The van der Waals surface area contributed by atoms with E-state index >= 15 is 0 Å². The van der Waals surface area contributed by atoms with Crippen LogP contribution >= 0.6 is 15.9 Å². The summed E-state index contributed by atoms with van der Waals surface area (Å²) in [6.45, 7) is 3.38. The molecule has 0 bridgehead atoms. The molecule has 3 aromatic rings. The Labute approximate surface area is 184 Å². The molecule has 30 heavy (non-hydrogen) atoms. The van der Waals surface area contributed by atoms with Crippen LogP contribution in [0.25, 0.3) is 0 Å². The highest BCUT2D eigenvalue weighted by molar-refractivity contribution is 9.10. The molecule has 0 aliphatic carbocycles. The van der Waals surface area contributed by atoms with Gasteiger partial charge in [-0.25, -0.2) is 0 Å². The highest BCUT2D eigenvalue weighted by atomic mass is 79.9. The van der Waals surface area contributed by atoms with Crippen molar-refractivity contribution in [3.63, 3.8) is 0 Å². The van der Waals surface area contributed by atoms with Gasteiger partial charge in [-0.05, 0) is 42.0 Å². The number of hydrogen-bond acceptors (Lipinski definition) is 4. The van der Waals surface area contributed by atoms with Crippen molar-refractivity contribution in [2.75, 3.05) is 36.5 Å². The molecular weight excluding hydrogens is 444 g/mol. The first-order valence-electron chi connectivity index (χ1n) is 9.89. The third-order valence-electron chi connectivity index (χ3n) is 4.90. The number of nitrogens with zero attached hydrogens (tertiary/aromatic N) is 1. The number of ether oxygens (including phenoxy) is 2. The summed E-state index contributed by atoms with van der Waals surface area (Å²) in [5, 5.41) is 2.98. The summed E-state index contributed by atoms with van der Waals surface area (Å²) in [7, 11) is 0. The normalized spacial score (nSPS) is 13.7. The molecule has 0 saturated carbocycles. The molecule has 1 heterocycles. The fourth-order valence-electron chi connectivity index (χ4n) is 3.34. The summed E-state index contributed by atoms with van der Waals surface area (Å²) in [5.74, 6) is 0.356. The largest absolute Gasteiger partial charge is 0.488 e. The lowest BCUT2D eigenvalue weighted by molar-refractivity contribution is 0.102.